The third kappa shape index (κ3) is 2.79. The minimum absolute atomic E-state index is 0.0281. The maximum atomic E-state index is 12.0. The van der Waals surface area contributed by atoms with Crippen LogP contribution in [0.3, 0.4) is 0 Å². The van der Waals surface area contributed by atoms with Crippen molar-refractivity contribution in [1.29, 1.82) is 0 Å². The van der Waals surface area contributed by atoms with Gasteiger partial charge in [-0.15, -0.1) is 0 Å². The van der Waals surface area contributed by atoms with Crippen LogP contribution in [0.4, 0.5) is 0 Å². The maximum Gasteiger partial charge on any atom is 0.260 e. The highest BCUT2D eigenvalue weighted by atomic mass is 16.2. The van der Waals surface area contributed by atoms with Crippen molar-refractivity contribution in [2.24, 2.45) is 11.7 Å². The number of aromatic amines is 1. The van der Waals surface area contributed by atoms with Gasteiger partial charge in [-0.25, -0.2) is 0 Å². The summed E-state index contributed by atoms with van der Waals surface area (Å²) in [5.41, 5.74) is 5.50. The van der Waals surface area contributed by atoms with Gasteiger partial charge in [-0.2, -0.15) is 0 Å². The van der Waals surface area contributed by atoms with E-state index in [4.69, 9.17) is 5.73 Å². The molecule has 4 N–H and O–H groups in total. The number of carbonyl (C=O) groups excluding carboxylic acids is 1. The second kappa shape index (κ2) is 5.82. The summed E-state index contributed by atoms with van der Waals surface area (Å²) in [4.78, 5) is 26.0. The van der Waals surface area contributed by atoms with Crippen LogP contribution in [0.15, 0.2) is 23.1 Å². The van der Waals surface area contributed by atoms with E-state index in [1.807, 2.05) is 0 Å². The molecule has 0 spiro atoms. The molecule has 5 heteroatoms. The summed E-state index contributed by atoms with van der Waals surface area (Å²) in [6, 6.07) is 3.14. The normalized spacial score (nSPS) is 17.6. The molecule has 1 aliphatic rings. The Balaban J connectivity index is 2.05. The van der Waals surface area contributed by atoms with E-state index in [0.29, 0.717) is 12.5 Å². The molecule has 1 fully saturated rings. The van der Waals surface area contributed by atoms with Gasteiger partial charge in [0.15, 0.2) is 0 Å². The van der Waals surface area contributed by atoms with Gasteiger partial charge in [0.1, 0.15) is 5.56 Å². The number of hydrogen-bond donors (Lipinski definition) is 3. The predicted molar refractivity (Wildman–Crippen MR) is 69.3 cm³/mol. The van der Waals surface area contributed by atoms with Crippen LogP contribution in [-0.2, 0) is 0 Å². The van der Waals surface area contributed by atoms with Crippen LogP contribution in [0.5, 0.6) is 0 Å². The number of aromatic nitrogens is 1. The Morgan fingerprint density at radius 1 is 1.50 bits per heavy atom. The first-order chi connectivity index (χ1) is 8.72. The highest BCUT2D eigenvalue weighted by Crippen LogP contribution is 2.27. The second-order valence-electron chi connectivity index (χ2n) is 4.77. The van der Waals surface area contributed by atoms with Crippen LogP contribution in [0.2, 0.25) is 0 Å². The lowest BCUT2D eigenvalue weighted by Gasteiger charge is -2.22. The van der Waals surface area contributed by atoms with Gasteiger partial charge in [0, 0.05) is 18.8 Å². The molecule has 1 aromatic heterocycles. The summed E-state index contributed by atoms with van der Waals surface area (Å²) in [7, 11) is 0. The van der Waals surface area contributed by atoms with E-state index in [0.717, 1.165) is 12.8 Å². The first-order valence-corrected chi connectivity index (χ1v) is 6.41. The molecule has 5 nitrogen and oxygen atoms in total. The average Bonchev–Trinajstić information content (AvgIpc) is 2.90. The van der Waals surface area contributed by atoms with Crippen molar-refractivity contribution in [2.75, 3.05) is 6.54 Å². The molecule has 0 aliphatic heterocycles. The number of nitrogens with one attached hydrogen (secondary N) is 2. The van der Waals surface area contributed by atoms with Gasteiger partial charge in [0.2, 0.25) is 0 Å². The zero-order valence-corrected chi connectivity index (χ0v) is 10.3. The largest absolute Gasteiger partial charge is 0.348 e. The molecule has 2 rings (SSSR count). The van der Waals surface area contributed by atoms with E-state index >= 15 is 0 Å². The van der Waals surface area contributed by atoms with Gasteiger partial charge >= 0.3 is 0 Å². The van der Waals surface area contributed by atoms with E-state index in [-0.39, 0.29) is 23.1 Å². The van der Waals surface area contributed by atoms with Crippen LogP contribution in [0.25, 0.3) is 0 Å². The van der Waals surface area contributed by atoms with Crippen LogP contribution < -0.4 is 16.6 Å². The quantitative estimate of drug-likeness (QED) is 0.731. The molecule has 1 unspecified atom stereocenters. The fraction of sp³-hybridized carbons (Fsp3) is 0.538. The molecular formula is C13H19N3O2. The minimum Gasteiger partial charge on any atom is -0.348 e. The zero-order valence-electron chi connectivity index (χ0n) is 10.3. The molecule has 0 radical (unpaired) electrons. The molecule has 18 heavy (non-hydrogen) atoms. The molecular weight excluding hydrogens is 230 g/mol. The SMILES string of the molecule is NCC(NC(=O)c1ccc[nH]c1=O)C1CCCC1. The number of nitrogens with two attached hydrogens (primary N) is 1. The Morgan fingerprint density at radius 3 is 2.83 bits per heavy atom. The van der Waals surface area contributed by atoms with E-state index < -0.39 is 0 Å². The molecule has 1 heterocycles. The van der Waals surface area contributed by atoms with E-state index in [9.17, 15) is 9.59 Å². The molecule has 0 bridgehead atoms. The second-order valence-corrected chi connectivity index (χ2v) is 4.77. The van der Waals surface area contributed by atoms with Crippen molar-refractivity contribution in [3.8, 4) is 0 Å². The minimum atomic E-state index is -0.364. The third-order valence-electron chi connectivity index (χ3n) is 3.60. The van der Waals surface area contributed by atoms with Crippen molar-refractivity contribution in [2.45, 2.75) is 31.7 Å². The topological polar surface area (TPSA) is 88.0 Å². The smallest absolute Gasteiger partial charge is 0.260 e. The third-order valence-corrected chi connectivity index (χ3v) is 3.60. The van der Waals surface area contributed by atoms with E-state index in [2.05, 4.69) is 10.3 Å². The summed E-state index contributed by atoms with van der Waals surface area (Å²) < 4.78 is 0. The molecule has 1 amide bonds. The van der Waals surface area contributed by atoms with Crippen molar-refractivity contribution in [3.63, 3.8) is 0 Å². The van der Waals surface area contributed by atoms with E-state index in [1.54, 1.807) is 6.07 Å². The summed E-state index contributed by atoms with van der Waals surface area (Å²) in [6.07, 6.45) is 6.11. The Bertz CT molecular complexity index is 463. The standard InChI is InChI=1S/C13H19N3O2/c14-8-11(9-4-1-2-5-9)16-13(18)10-6-3-7-15-12(10)17/h3,6-7,9,11H,1-2,4-5,8,14H2,(H,15,17)(H,16,18). The van der Waals surface area contributed by atoms with Gasteiger partial charge < -0.3 is 16.0 Å². The fourth-order valence-electron chi connectivity index (χ4n) is 2.58. The van der Waals surface area contributed by atoms with Gasteiger partial charge in [-0.3, -0.25) is 9.59 Å². The van der Waals surface area contributed by atoms with Crippen molar-refractivity contribution in [1.82, 2.24) is 10.3 Å². The number of carbonyl (C=O) groups is 1. The summed E-state index contributed by atoms with van der Waals surface area (Å²) in [5.74, 6) is 0.112. The van der Waals surface area contributed by atoms with Gasteiger partial charge in [0.25, 0.3) is 11.5 Å². The first-order valence-electron chi connectivity index (χ1n) is 6.41. The lowest BCUT2D eigenvalue weighted by atomic mass is 9.98. The highest BCUT2D eigenvalue weighted by molar-refractivity contribution is 5.93. The number of H-pyrrole nitrogens is 1. The maximum absolute atomic E-state index is 12.0. The molecule has 0 aromatic carbocycles. The van der Waals surface area contributed by atoms with Crippen molar-refractivity contribution in [3.05, 3.63) is 34.2 Å². The Kier molecular flexibility index (Phi) is 4.15. The number of amides is 1. The lowest BCUT2D eigenvalue weighted by Crippen LogP contribution is -2.45. The summed E-state index contributed by atoms with van der Waals surface area (Å²) in [5, 5.41) is 2.88. The Labute approximate surface area is 106 Å². The fourth-order valence-corrected chi connectivity index (χ4v) is 2.58. The highest BCUT2D eigenvalue weighted by Gasteiger charge is 2.26. The zero-order chi connectivity index (χ0) is 13.0. The first kappa shape index (κ1) is 12.8. The molecule has 0 saturated heterocycles. The number of pyridine rings is 1. The Hall–Kier alpha value is -1.62. The predicted octanol–water partition coefficient (Wildman–Crippen LogP) is 0.622. The van der Waals surface area contributed by atoms with Crippen molar-refractivity contribution < 1.29 is 4.79 Å². The molecule has 98 valence electrons. The van der Waals surface area contributed by atoms with Crippen molar-refractivity contribution >= 4 is 5.91 Å². The monoisotopic (exact) mass is 249 g/mol. The van der Waals surface area contributed by atoms with Crippen LogP contribution in [0.1, 0.15) is 36.0 Å². The van der Waals surface area contributed by atoms with Gasteiger partial charge in [0.05, 0.1) is 0 Å². The average molecular weight is 249 g/mol. The Morgan fingerprint density at radius 2 is 2.22 bits per heavy atom. The summed E-state index contributed by atoms with van der Waals surface area (Å²) >= 11 is 0. The van der Waals surface area contributed by atoms with Gasteiger partial charge in [-0.05, 0) is 30.9 Å². The van der Waals surface area contributed by atoms with Crippen LogP contribution >= 0.6 is 0 Å². The van der Waals surface area contributed by atoms with E-state index in [1.165, 1.54) is 25.1 Å². The number of rotatable bonds is 4. The molecule has 1 aromatic rings. The molecule has 1 atom stereocenters. The summed E-state index contributed by atoms with van der Waals surface area (Å²) in [6.45, 7) is 0.418. The van der Waals surface area contributed by atoms with Crippen LogP contribution in [0, 0.1) is 5.92 Å². The molecule has 1 saturated carbocycles. The lowest BCUT2D eigenvalue weighted by molar-refractivity contribution is 0.0922. The van der Waals surface area contributed by atoms with Gasteiger partial charge in [-0.1, -0.05) is 12.8 Å². The molecule has 1 aliphatic carbocycles. The number of hydrogen-bond acceptors (Lipinski definition) is 3. The van der Waals surface area contributed by atoms with Crippen LogP contribution in [-0.4, -0.2) is 23.5 Å².